The van der Waals surface area contributed by atoms with Crippen LogP contribution >= 0.6 is 0 Å². The normalized spacial score (nSPS) is 21.0. The summed E-state index contributed by atoms with van der Waals surface area (Å²) in [6.45, 7) is 0.235. The van der Waals surface area contributed by atoms with Crippen LogP contribution in [0.5, 0.6) is 0 Å². The van der Waals surface area contributed by atoms with E-state index in [1.54, 1.807) is 0 Å². The maximum absolute atomic E-state index is 12.5. The Bertz CT molecular complexity index is 190. The van der Waals surface area contributed by atoms with Crippen molar-refractivity contribution in [3.05, 3.63) is 0 Å². The van der Waals surface area contributed by atoms with Crippen molar-refractivity contribution in [1.29, 1.82) is 0 Å². The summed E-state index contributed by atoms with van der Waals surface area (Å²) in [5, 5.41) is 0. The highest BCUT2D eigenvalue weighted by molar-refractivity contribution is 4.71. The van der Waals surface area contributed by atoms with Crippen LogP contribution in [0.25, 0.3) is 0 Å². The van der Waals surface area contributed by atoms with Crippen LogP contribution in [0.15, 0.2) is 0 Å². The molecule has 0 saturated heterocycles. The van der Waals surface area contributed by atoms with Crippen molar-refractivity contribution in [1.82, 2.24) is 0 Å². The maximum Gasteiger partial charge on any atom is 0.414 e. The van der Waals surface area contributed by atoms with Gasteiger partial charge in [-0.15, -0.1) is 0 Å². The number of hydrogen-bond donors (Lipinski definition) is 1. The van der Waals surface area contributed by atoms with E-state index in [0.717, 1.165) is 25.7 Å². The van der Waals surface area contributed by atoms with E-state index in [9.17, 15) is 13.2 Å². The molecule has 16 heavy (non-hydrogen) atoms. The van der Waals surface area contributed by atoms with E-state index in [4.69, 9.17) is 10.5 Å². The molecule has 0 heterocycles. The van der Waals surface area contributed by atoms with Crippen molar-refractivity contribution >= 4 is 0 Å². The summed E-state index contributed by atoms with van der Waals surface area (Å²) in [4.78, 5) is 0. The van der Waals surface area contributed by atoms with Crippen LogP contribution in [0.4, 0.5) is 13.2 Å². The Balaban J connectivity index is 2.31. The number of rotatable bonds is 5. The molecule has 0 aromatic heterocycles. The summed E-state index contributed by atoms with van der Waals surface area (Å²) in [5.41, 5.74) is 5.15. The number of ether oxygens (including phenoxy) is 1. The zero-order chi connectivity index (χ0) is 12.0. The summed E-state index contributed by atoms with van der Waals surface area (Å²) in [5.74, 6) is 0.302. The van der Waals surface area contributed by atoms with Gasteiger partial charge in [0, 0.05) is 0 Å². The first-order valence-electron chi connectivity index (χ1n) is 5.92. The van der Waals surface area contributed by atoms with Crippen molar-refractivity contribution in [2.45, 2.75) is 50.8 Å². The summed E-state index contributed by atoms with van der Waals surface area (Å²) >= 11 is 0. The molecule has 2 nitrogen and oxygen atoms in total. The Kier molecular flexibility index (Phi) is 5.55. The predicted octanol–water partition coefficient (Wildman–Crippen LogP) is 2.86. The van der Waals surface area contributed by atoms with Gasteiger partial charge in [-0.1, -0.05) is 19.3 Å². The number of hydrogen-bond acceptors (Lipinski definition) is 2. The van der Waals surface area contributed by atoms with Gasteiger partial charge in [-0.3, -0.25) is 0 Å². The van der Waals surface area contributed by atoms with Crippen LogP contribution in [0, 0.1) is 5.92 Å². The van der Waals surface area contributed by atoms with Crippen LogP contribution in [0.1, 0.15) is 38.5 Å². The Hall–Kier alpha value is -0.290. The highest BCUT2D eigenvalue weighted by Crippen LogP contribution is 2.28. The molecule has 2 N–H and O–H groups in total. The molecule has 1 unspecified atom stereocenters. The maximum atomic E-state index is 12.5. The van der Waals surface area contributed by atoms with Crippen molar-refractivity contribution in [2.75, 3.05) is 13.2 Å². The fraction of sp³-hybridized carbons (Fsp3) is 1.00. The van der Waals surface area contributed by atoms with E-state index in [0.29, 0.717) is 5.92 Å². The fourth-order valence-electron chi connectivity index (χ4n) is 2.10. The fourth-order valence-corrected chi connectivity index (χ4v) is 2.10. The van der Waals surface area contributed by atoms with E-state index >= 15 is 0 Å². The molecular weight excluding hydrogens is 219 g/mol. The van der Waals surface area contributed by atoms with Gasteiger partial charge < -0.3 is 10.5 Å². The molecule has 1 saturated carbocycles. The van der Waals surface area contributed by atoms with Crippen LogP contribution in [-0.4, -0.2) is 25.4 Å². The SMILES string of the molecule is NCCC(OCC1CCCCC1)C(F)(F)F. The number of halogens is 3. The van der Waals surface area contributed by atoms with Gasteiger partial charge in [0.25, 0.3) is 0 Å². The molecule has 0 bridgehead atoms. The van der Waals surface area contributed by atoms with Gasteiger partial charge in [0.1, 0.15) is 0 Å². The lowest BCUT2D eigenvalue weighted by Gasteiger charge is -2.25. The van der Waals surface area contributed by atoms with Crippen molar-refractivity contribution in [3.8, 4) is 0 Å². The second-order valence-electron chi connectivity index (χ2n) is 4.44. The number of nitrogens with two attached hydrogens (primary N) is 1. The first-order valence-corrected chi connectivity index (χ1v) is 5.92. The van der Waals surface area contributed by atoms with Crippen LogP contribution in [0.2, 0.25) is 0 Å². The highest BCUT2D eigenvalue weighted by Gasteiger charge is 2.40. The second kappa shape index (κ2) is 6.45. The van der Waals surface area contributed by atoms with Crippen LogP contribution in [-0.2, 0) is 4.74 Å². The third-order valence-corrected chi connectivity index (χ3v) is 3.05. The molecule has 1 aliphatic rings. The smallest absolute Gasteiger partial charge is 0.368 e. The molecule has 0 spiro atoms. The van der Waals surface area contributed by atoms with Crippen LogP contribution in [0.3, 0.4) is 0 Å². The minimum Gasteiger partial charge on any atom is -0.368 e. The largest absolute Gasteiger partial charge is 0.414 e. The monoisotopic (exact) mass is 239 g/mol. The lowest BCUT2D eigenvalue weighted by atomic mass is 9.90. The average molecular weight is 239 g/mol. The summed E-state index contributed by atoms with van der Waals surface area (Å²) < 4.78 is 42.4. The Morgan fingerprint density at radius 1 is 1.19 bits per heavy atom. The Morgan fingerprint density at radius 3 is 2.31 bits per heavy atom. The van der Waals surface area contributed by atoms with E-state index in [-0.39, 0.29) is 19.6 Å². The molecule has 1 fully saturated rings. The summed E-state index contributed by atoms with van der Waals surface area (Å²) in [6, 6.07) is 0. The molecule has 96 valence electrons. The Labute approximate surface area is 94.3 Å². The molecule has 0 radical (unpaired) electrons. The van der Waals surface area contributed by atoms with E-state index in [1.807, 2.05) is 0 Å². The van der Waals surface area contributed by atoms with Gasteiger partial charge in [0.2, 0.25) is 0 Å². The third kappa shape index (κ3) is 4.70. The van der Waals surface area contributed by atoms with E-state index in [2.05, 4.69) is 0 Å². The Morgan fingerprint density at radius 2 is 1.81 bits per heavy atom. The van der Waals surface area contributed by atoms with Crippen LogP contribution < -0.4 is 5.73 Å². The van der Waals surface area contributed by atoms with E-state index in [1.165, 1.54) is 6.42 Å². The molecule has 1 aliphatic carbocycles. The third-order valence-electron chi connectivity index (χ3n) is 3.05. The zero-order valence-electron chi connectivity index (χ0n) is 9.43. The standard InChI is InChI=1S/C11H20F3NO/c12-11(13,14)10(6-7-15)16-8-9-4-2-1-3-5-9/h9-10H,1-8,15H2. The highest BCUT2D eigenvalue weighted by atomic mass is 19.4. The minimum absolute atomic E-state index is 0.00877. The van der Waals surface area contributed by atoms with Gasteiger partial charge in [-0.2, -0.15) is 13.2 Å². The van der Waals surface area contributed by atoms with Gasteiger partial charge in [-0.05, 0) is 31.7 Å². The van der Waals surface area contributed by atoms with Gasteiger partial charge >= 0.3 is 6.18 Å². The molecule has 1 atom stereocenters. The van der Waals surface area contributed by atoms with Crippen molar-refractivity contribution in [2.24, 2.45) is 11.7 Å². The lowest BCUT2D eigenvalue weighted by Crippen LogP contribution is -2.35. The topological polar surface area (TPSA) is 35.2 Å². The van der Waals surface area contributed by atoms with Crippen molar-refractivity contribution < 1.29 is 17.9 Å². The second-order valence-corrected chi connectivity index (χ2v) is 4.44. The van der Waals surface area contributed by atoms with E-state index < -0.39 is 12.3 Å². The predicted molar refractivity (Wildman–Crippen MR) is 56.0 cm³/mol. The average Bonchev–Trinajstić information content (AvgIpc) is 2.24. The zero-order valence-corrected chi connectivity index (χ0v) is 9.43. The molecule has 0 amide bonds. The summed E-state index contributed by atoms with van der Waals surface area (Å²) in [6.07, 6.45) is -0.699. The minimum atomic E-state index is -4.28. The number of alkyl halides is 3. The molecule has 1 rings (SSSR count). The lowest BCUT2D eigenvalue weighted by molar-refractivity contribution is -0.224. The van der Waals surface area contributed by atoms with Gasteiger partial charge in [0.15, 0.2) is 6.10 Å². The molecule has 5 heteroatoms. The summed E-state index contributed by atoms with van der Waals surface area (Å²) in [7, 11) is 0. The van der Waals surface area contributed by atoms with Crippen molar-refractivity contribution in [3.63, 3.8) is 0 Å². The van der Waals surface area contributed by atoms with Gasteiger partial charge in [-0.25, -0.2) is 0 Å². The quantitative estimate of drug-likeness (QED) is 0.800. The first kappa shape index (κ1) is 13.8. The molecule has 0 aliphatic heterocycles. The first-order chi connectivity index (χ1) is 7.54. The molecular formula is C11H20F3NO. The van der Waals surface area contributed by atoms with Gasteiger partial charge in [0.05, 0.1) is 6.61 Å². The molecule has 0 aromatic rings. The molecule has 0 aromatic carbocycles.